The maximum absolute atomic E-state index is 8.94. The van der Waals surface area contributed by atoms with Gasteiger partial charge in [-0.1, -0.05) is 185 Å². The van der Waals surface area contributed by atoms with Gasteiger partial charge in [0.25, 0.3) is 0 Å². The number of hydrogen-bond acceptors (Lipinski definition) is 2. The van der Waals surface area contributed by atoms with E-state index in [1.54, 1.807) is 12.1 Å². The maximum atomic E-state index is 8.94. The second kappa shape index (κ2) is 15.2. The van der Waals surface area contributed by atoms with Gasteiger partial charge in [-0.15, -0.1) is 0 Å². The minimum Gasteiger partial charge on any atom is -0.423 e. The van der Waals surface area contributed by atoms with Crippen molar-refractivity contribution in [2.75, 3.05) is 0 Å². The molecule has 0 bridgehead atoms. The summed E-state index contributed by atoms with van der Waals surface area (Å²) in [5, 5.41) is 22.6. The first kappa shape index (κ1) is 38.6. The Balaban J connectivity index is 0.000000127. The number of fused-ring (bicyclic) bond motifs is 8. The molecule has 56 heavy (non-hydrogen) atoms. The molecule has 2 nitrogen and oxygen atoms in total. The summed E-state index contributed by atoms with van der Waals surface area (Å²) in [4.78, 5) is 0. The van der Waals surface area contributed by atoms with Crippen LogP contribution in [0, 0.1) is 0 Å². The Hall–Kier alpha value is -4.30. The van der Waals surface area contributed by atoms with Crippen molar-refractivity contribution in [3.63, 3.8) is 0 Å². The van der Waals surface area contributed by atoms with E-state index in [-0.39, 0.29) is 10.8 Å². The van der Waals surface area contributed by atoms with Gasteiger partial charge in [0.05, 0.1) is 0 Å². The Labute approximate surface area is 354 Å². The molecule has 8 aromatic carbocycles. The molecule has 2 aliphatic rings. The van der Waals surface area contributed by atoms with E-state index in [9.17, 15) is 0 Å². The predicted molar refractivity (Wildman–Crippen MR) is 248 cm³/mol. The third-order valence-electron chi connectivity index (χ3n) is 11.4. The molecule has 0 spiro atoms. The summed E-state index contributed by atoms with van der Waals surface area (Å²) in [6.07, 6.45) is 0. The molecule has 8 aromatic rings. The molecule has 276 valence electrons. The lowest BCUT2D eigenvalue weighted by Gasteiger charge is -2.22. The predicted octanol–water partition coefficient (Wildman–Crippen LogP) is 13.6. The average Bonchev–Trinajstić information content (AvgIpc) is 3.55. The molecule has 0 unspecified atom stereocenters. The summed E-state index contributed by atoms with van der Waals surface area (Å²) >= 11 is 10.8. The van der Waals surface area contributed by atoms with E-state index in [1.807, 2.05) is 30.3 Å². The quantitative estimate of drug-likeness (QED) is 0.170. The molecule has 0 fully saturated rings. The molecule has 0 saturated carbocycles. The highest BCUT2D eigenvalue weighted by molar-refractivity contribution is 9.11. The van der Waals surface area contributed by atoms with Crippen LogP contribution in [-0.4, -0.2) is 17.2 Å². The number of benzene rings is 8. The molecule has 10 rings (SSSR count). The lowest BCUT2D eigenvalue weighted by Crippen LogP contribution is -2.29. The van der Waals surface area contributed by atoms with Crippen molar-refractivity contribution in [3.05, 3.63) is 193 Å². The minimum atomic E-state index is -1.38. The fourth-order valence-corrected chi connectivity index (χ4v) is 9.39. The molecule has 0 saturated heterocycles. The van der Waals surface area contributed by atoms with E-state index in [1.165, 1.54) is 66.4 Å². The summed E-state index contributed by atoms with van der Waals surface area (Å²) in [7, 11) is -1.38. The minimum absolute atomic E-state index is 0.0152. The van der Waals surface area contributed by atoms with Gasteiger partial charge in [-0.3, -0.25) is 0 Å². The van der Waals surface area contributed by atoms with Crippen molar-refractivity contribution in [2.45, 2.75) is 38.5 Å². The largest absolute Gasteiger partial charge is 0.488 e. The van der Waals surface area contributed by atoms with Gasteiger partial charge in [-0.05, 0) is 131 Å². The smallest absolute Gasteiger partial charge is 0.423 e. The van der Waals surface area contributed by atoms with Gasteiger partial charge in [-0.2, -0.15) is 0 Å². The van der Waals surface area contributed by atoms with Gasteiger partial charge in [0.2, 0.25) is 0 Å². The van der Waals surface area contributed by atoms with Crippen molar-refractivity contribution in [1.82, 2.24) is 0 Å². The third-order valence-corrected chi connectivity index (χ3v) is 12.9. The Morgan fingerprint density at radius 1 is 0.375 bits per heavy atom. The van der Waals surface area contributed by atoms with E-state index in [2.05, 4.69) is 191 Å². The molecule has 0 amide bonds. The topological polar surface area (TPSA) is 40.5 Å². The molecule has 0 atom stereocenters. The van der Waals surface area contributed by atoms with Crippen LogP contribution in [0.3, 0.4) is 0 Å². The summed E-state index contributed by atoms with van der Waals surface area (Å²) < 4.78 is 3.44. The Morgan fingerprint density at radius 2 is 0.732 bits per heavy atom. The lowest BCUT2D eigenvalue weighted by molar-refractivity contribution is 0.426. The standard InChI is InChI=1S/C25H19Br.C15H12Br2.C10H9BO2/c1-25(2)23-14-19(18-8-7-16-5-3-4-6-17(16)13-18)9-11-21(23)22-12-10-20(26)15-24(22)25;1-15(2)13-7-9(16)3-5-11(13)12-6-4-10(17)8-14(12)15;12-11(13)10-6-5-8-3-1-2-4-9(8)7-10/h3-15H,1-2H3;3-8H,1-2H3;1-7,12-13H. The number of halogens is 3. The van der Waals surface area contributed by atoms with E-state index in [0.717, 1.165) is 24.2 Å². The van der Waals surface area contributed by atoms with E-state index >= 15 is 0 Å². The Kier molecular flexibility index (Phi) is 10.5. The highest BCUT2D eigenvalue weighted by atomic mass is 79.9. The second-order valence-corrected chi connectivity index (χ2v) is 18.4. The maximum Gasteiger partial charge on any atom is 0.488 e. The van der Waals surface area contributed by atoms with Crippen LogP contribution in [0.2, 0.25) is 0 Å². The highest BCUT2D eigenvalue weighted by Gasteiger charge is 2.36. The van der Waals surface area contributed by atoms with Gasteiger partial charge < -0.3 is 10.0 Å². The van der Waals surface area contributed by atoms with Crippen LogP contribution in [0.4, 0.5) is 0 Å². The fourth-order valence-electron chi connectivity index (χ4n) is 8.31. The van der Waals surface area contributed by atoms with Crippen molar-refractivity contribution < 1.29 is 10.0 Å². The molecule has 0 aromatic heterocycles. The van der Waals surface area contributed by atoms with Gasteiger partial charge in [-0.25, -0.2) is 0 Å². The first-order valence-corrected chi connectivity index (χ1v) is 21.1. The highest BCUT2D eigenvalue weighted by Crippen LogP contribution is 2.51. The number of hydrogen-bond donors (Lipinski definition) is 2. The zero-order chi connectivity index (χ0) is 39.4. The summed E-state index contributed by atoms with van der Waals surface area (Å²) in [5.74, 6) is 0. The van der Waals surface area contributed by atoms with Crippen LogP contribution in [0.5, 0.6) is 0 Å². The van der Waals surface area contributed by atoms with Crippen molar-refractivity contribution in [3.8, 4) is 33.4 Å². The van der Waals surface area contributed by atoms with Crippen LogP contribution in [-0.2, 0) is 10.8 Å². The van der Waals surface area contributed by atoms with Crippen molar-refractivity contribution >= 4 is 81.9 Å². The molecule has 2 N–H and O–H groups in total. The van der Waals surface area contributed by atoms with E-state index in [4.69, 9.17) is 10.0 Å². The summed E-state index contributed by atoms with van der Waals surface area (Å²) in [6, 6.07) is 55.2. The van der Waals surface area contributed by atoms with E-state index < -0.39 is 7.12 Å². The SMILES string of the molecule is CC1(C)c2cc(Br)ccc2-c2ccc(-c3ccc4ccccc4c3)cc21.CC1(C)c2cc(Br)ccc2-c2ccc(Br)cc21.OB(O)c1ccc2ccccc2c1. The molecular formula is C50H40BBr3O2. The van der Waals surface area contributed by atoms with Crippen LogP contribution in [0.25, 0.3) is 54.9 Å². The zero-order valence-corrected chi connectivity index (χ0v) is 36.4. The van der Waals surface area contributed by atoms with Crippen LogP contribution < -0.4 is 5.46 Å². The molecular weight excluding hydrogens is 883 g/mol. The first-order valence-electron chi connectivity index (χ1n) is 18.7. The first-order chi connectivity index (χ1) is 26.8. The molecule has 0 radical (unpaired) electrons. The second-order valence-electron chi connectivity index (χ2n) is 15.6. The van der Waals surface area contributed by atoms with Crippen LogP contribution >= 0.6 is 47.8 Å². The molecule has 2 aliphatic carbocycles. The summed E-state index contributed by atoms with van der Waals surface area (Å²) in [5.41, 5.74) is 14.3. The Bertz CT molecular complexity index is 2730. The van der Waals surface area contributed by atoms with Gasteiger partial charge >= 0.3 is 7.12 Å². The number of rotatable bonds is 2. The zero-order valence-electron chi connectivity index (χ0n) is 31.6. The summed E-state index contributed by atoms with van der Waals surface area (Å²) in [6.45, 7) is 9.23. The van der Waals surface area contributed by atoms with E-state index in [0.29, 0.717) is 5.46 Å². The molecule has 0 aliphatic heterocycles. The molecule has 0 heterocycles. The third kappa shape index (κ3) is 7.23. The fraction of sp³-hybridized carbons (Fsp3) is 0.120. The van der Waals surface area contributed by atoms with Gasteiger partial charge in [0, 0.05) is 24.2 Å². The lowest BCUT2D eigenvalue weighted by atomic mass is 9.79. The normalized spacial score (nSPS) is 13.7. The van der Waals surface area contributed by atoms with Gasteiger partial charge in [0.1, 0.15) is 0 Å². The van der Waals surface area contributed by atoms with Gasteiger partial charge in [0.15, 0.2) is 0 Å². The van der Waals surface area contributed by atoms with Crippen molar-refractivity contribution in [1.29, 1.82) is 0 Å². The van der Waals surface area contributed by atoms with Crippen LogP contribution in [0.15, 0.2) is 171 Å². The monoisotopic (exact) mass is 920 g/mol. The van der Waals surface area contributed by atoms with Crippen LogP contribution in [0.1, 0.15) is 49.9 Å². The average molecular weight is 923 g/mol. The van der Waals surface area contributed by atoms with Crippen molar-refractivity contribution in [2.24, 2.45) is 0 Å². The molecule has 6 heteroatoms. The Morgan fingerprint density at radius 3 is 1.20 bits per heavy atom.